The molecule has 1 heterocycles. The lowest BCUT2D eigenvalue weighted by molar-refractivity contribution is -0.193. The van der Waals surface area contributed by atoms with Crippen LogP contribution in [0.15, 0.2) is 12.2 Å². The van der Waals surface area contributed by atoms with Crippen molar-refractivity contribution in [3.63, 3.8) is 0 Å². The van der Waals surface area contributed by atoms with E-state index >= 15 is 0 Å². The molecule has 0 N–H and O–H groups in total. The first-order valence-corrected chi connectivity index (χ1v) is 5.14. The van der Waals surface area contributed by atoms with Crippen LogP contribution < -0.4 is 0 Å². The molecule has 1 fully saturated rings. The lowest BCUT2D eigenvalue weighted by Gasteiger charge is -2.17. The van der Waals surface area contributed by atoms with Gasteiger partial charge >= 0.3 is 11.9 Å². The zero-order chi connectivity index (χ0) is 12.3. The van der Waals surface area contributed by atoms with Crippen LogP contribution in [-0.4, -0.2) is 30.4 Å². The molecule has 1 saturated heterocycles. The van der Waals surface area contributed by atoms with Crippen LogP contribution in [0.3, 0.4) is 0 Å². The topological polar surface area (TPSA) is 61.8 Å². The van der Waals surface area contributed by atoms with Crippen molar-refractivity contribution in [2.75, 3.05) is 0 Å². The Kier molecular flexibility index (Phi) is 4.06. The highest BCUT2D eigenvalue weighted by Gasteiger charge is 2.42. The largest absolute Gasteiger partial charge is 0.451 e. The van der Waals surface area contributed by atoms with Crippen molar-refractivity contribution in [2.24, 2.45) is 0 Å². The zero-order valence-corrected chi connectivity index (χ0v) is 9.69. The number of hydrogen-bond acceptors (Lipinski definition) is 5. The molecule has 0 amide bonds. The maximum atomic E-state index is 10.9. The van der Waals surface area contributed by atoms with E-state index < -0.39 is 24.3 Å². The van der Waals surface area contributed by atoms with Gasteiger partial charge in [-0.05, 0) is 12.0 Å². The first kappa shape index (κ1) is 12.7. The fraction of sp³-hybridized carbons (Fsp3) is 0.636. The SMILES string of the molecule is C=C1[C@@H](OC(C)=O)C(OC(C)=O)O[C@@H]1CC. The first-order valence-electron chi connectivity index (χ1n) is 5.14. The summed E-state index contributed by atoms with van der Waals surface area (Å²) in [5.41, 5.74) is 0.629. The second-order valence-electron chi connectivity index (χ2n) is 3.62. The van der Waals surface area contributed by atoms with Crippen LogP contribution in [-0.2, 0) is 23.8 Å². The number of carbonyl (C=O) groups is 2. The summed E-state index contributed by atoms with van der Waals surface area (Å²) < 4.78 is 15.4. The number of hydrogen-bond donors (Lipinski definition) is 0. The van der Waals surface area contributed by atoms with Gasteiger partial charge < -0.3 is 14.2 Å². The molecule has 0 aromatic rings. The van der Waals surface area contributed by atoms with Crippen LogP contribution in [0.4, 0.5) is 0 Å². The van der Waals surface area contributed by atoms with E-state index in [9.17, 15) is 9.59 Å². The van der Waals surface area contributed by atoms with E-state index in [-0.39, 0.29) is 6.10 Å². The van der Waals surface area contributed by atoms with Crippen molar-refractivity contribution in [1.82, 2.24) is 0 Å². The predicted octanol–water partition coefficient (Wildman–Crippen LogP) is 1.17. The Hall–Kier alpha value is -1.36. The molecule has 1 unspecified atom stereocenters. The third kappa shape index (κ3) is 2.82. The minimum Gasteiger partial charge on any atom is -0.451 e. The third-order valence-corrected chi connectivity index (χ3v) is 2.27. The molecule has 0 aliphatic carbocycles. The van der Waals surface area contributed by atoms with Gasteiger partial charge in [-0.25, -0.2) is 0 Å². The van der Waals surface area contributed by atoms with Gasteiger partial charge in [0, 0.05) is 13.8 Å². The first-order chi connectivity index (χ1) is 7.45. The second-order valence-corrected chi connectivity index (χ2v) is 3.62. The number of esters is 2. The molecule has 5 nitrogen and oxygen atoms in total. The van der Waals surface area contributed by atoms with E-state index in [2.05, 4.69) is 6.58 Å². The van der Waals surface area contributed by atoms with E-state index in [0.29, 0.717) is 12.0 Å². The Balaban J connectivity index is 2.76. The van der Waals surface area contributed by atoms with Gasteiger partial charge in [0.25, 0.3) is 0 Å². The van der Waals surface area contributed by atoms with Gasteiger partial charge in [0.15, 0.2) is 6.10 Å². The summed E-state index contributed by atoms with van der Waals surface area (Å²) in [6.45, 7) is 8.28. The van der Waals surface area contributed by atoms with Crippen LogP contribution in [0.1, 0.15) is 27.2 Å². The lowest BCUT2D eigenvalue weighted by Crippen LogP contribution is -2.31. The van der Waals surface area contributed by atoms with Crippen LogP contribution >= 0.6 is 0 Å². The molecular weight excluding hydrogens is 212 g/mol. The van der Waals surface area contributed by atoms with Crippen LogP contribution in [0.2, 0.25) is 0 Å². The third-order valence-electron chi connectivity index (χ3n) is 2.27. The summed E-state index contributed by atoms with van der Waals surface area (Å²) in [5.74, 6) is -0.935. The smallest absolute Gasteiger partial charge is 0.305 e. The molecule has 0 bridgehead atoms. The van der Waals surface area contributed by atoms with Crippen molar-refractivity contribution in [3.8, 4) is 0 Å². The van der Waals surface area contributed by atoms with E-state index in [1.807, 2.05) is 6.92 Å². The Morgan fingerprint density at radius 1 is 1.31 bits per heavy atom. The van der Waals surface area contributed by atoms with Crippen molar-refractivity contribution >= 4 is 11.9 Å². The highest BCUT2D eigenvalue weighted by atomic mass is 16.7. The fourth-order valence-corrected chi connectivity index (χ4v) is 1.60. The molecule has 0 aromatic heterocycles. The second kappa shape index (κ2) is 5.12. The predicted molar refractivity (Wildman–Crippen MR) is 55.4 cm³/mol. The van der Waals surface area contributed by atoms with E-state index in [1.54, 1.807) is 0 Å². The number of rotatable bonds is 3. The highest BCUT2D eigenvalue weighted by molar-refractivity contribution is 5.67. The van der Waals surface area contributed by atoms with Crippen molar-refractivity contribution < 1.29 is 23.8 Å². The van der Waals surface area contributed by atoms with E-state index in [0.717, 1.165) is 0 Å². The molecule has 0 aromatic carbocycles. The van der Waals surface area contributed by atoms with Gasteiger partial charge in [0.05, 0.1) is 6.10 Å². The van der Waals surface area contributed by atoms with E-state index in [1.165, 1.54) is 13.8 Å². The fourth-order valence-electron chi connectivity index (χ4n) is 1.60. The highest BCUT2D eigenvalue weighted by Crippen LogP contribution is 2.30. The maximum absolute atomic E-state index is 10.9. The molecule has 1 aliphatic rings. The molecule has 0 spiro atoms. The molecular formula is C11H16O5. The minimum atomic E-state index is -0.876. The average molecular weight is 228 g/mol. The summed E-state index contributed by atoms with van der Waals surface area (Å²) in [7, 11) is 0. The monoisotopic (exact) mass is 228 g/mol. The molecule has 1 rings (SSSR count). The summed E-state index contributed by atoms with van der Waals surface area (Å²) in [4.78, 5) is 21.8. The molecule has 16 heavy (non-hydrogen) atoms. The van der Waals surface area contributed by atoms with Gasteiger partial charge in [0.1, 0.15) is 0 Å². The van der Waals surface area contributed by atoms with Crippen LogP contribution in [0.5, 0.6) is 0 Å². The lowest BCUT2D eigenvalue weighted by atomic mass is 10.1. The van der Waals surface area contributed by atoms with Crippen LogP contribution in [0, 0.1) is 0 Å². The summed E-state index contributed by atoms with van der Waals surface area (Å²) in [5, 5.41) is 0. The summed E-state index contributed by atoms with van der Waals surface area (Å²) >= 11 is 0. The van der Waals surface area contributed by atoms with E-state index in [4.69, 9.17) is 14.2 Å². The van der Waals surface area contributed by atoms with Gasteiger partial charge in [0.2, 0.25) is 6.29 Å². The molecule has 3 atom stereocenters. The Morgan fingerprint density at radius 2 is 1.88 bits per heavy atom. The Morgan fingerprint density at radius 3 is 2.31 bits per heavy atom. The maximum Gasteiger partial charge on any atom is 0.305 e. The molecule has 5 heteroatoms. The number of ether oxygens (including phenoxy) is 3. The van der Waals surface area contributed by atoms with Crippen molar-refractivity contribution in [3.05, 3.63) is 12.2 Å². The number of carbonyl (C=O) groups excluding carboxylic acids is 2. The van der Waals surface area contributed by atoms with Crippen molar-refractivity contribution in [1.29, 1.82) is 0 Å². The standard InChI is InChI=1S/C11H16O5/c1-5-9-6(2)10(14-7(3)12)11(16-9)15-8(4)13/h9-11H,2,5H2,1,3-4H3/t9-,10-,11?/m1/s1. The summed E-state index contributed by atoms with van der Waals surface area (Å²) in [6, 6.07) is 0. The normalized spacial score (nSPS) is 28.9. The van der Waals surface area contributed by atoms with Crippen molar-refractivity contribution in [2.45, 2.75) is 45.7 Å². The van der Waals surface area contributed by atoms with Gasteiger partial charge in [-0.2, -0.15) is 0 Å². The molecule has 0 radical (unpaired) electrons. The molecule has 90 valence electrons. The summed E-state index contributed by atoms with van der Waals surface area (Å²) in [6.07, 6.45) is -1.13. The van der Waals surface area contributed by atoms with Crippen LogP contribution in [0.25, 0.3) is 0 Å². The zero-order valence-electron chi connectivity index (χ0n) is 9.69. The van der Waals surface area contributed by atoms with Gasteiger partial charge in [-0.1, -0.05) is 13.5 Å². The molecule has 1 aliphatic heterocycles. The average Bonchev–Trinajstić information content (AvgIpc) is 2.44. The van der Waals surface area contributed by atoms with Gasteiger partial charge in [-0.15, -0.1) is 0 Å². The Bertz CT molecular complexity index is 309. The quantitative estimate of drug-likeness (QED) is 0.536. The minimum absolute atomic E-state index is 0.242. The molecule has 0 saturated carbocycles. The van der Waals surface area contributed by atoms with Gasteiger partial charge in [-0.3, -0.25) is 9.59 Å². The Labute approximate surface area is 94.4 Å².